The highest BCUT2D eigenvalue weighted by molar-refractivity contribution is 5.48. The predicted molar refractivity (Wildman–Crippen MR) is 85.7 cm³/mol. The van der Waals surface area contributed by atoms with E-state index in [1.807, 2.05) is 0 Å². The minimum atomic E-state index is 0.901. The van der Waals surface area contributed by atoms with Crippen molar-refractivity contribution in [1.29, 1.82) is 0 Å². The third-order valence-corrected chi connectivity index (χ3v) is 3.79. The Labute approximate surface area is 126 Å². The van der Waals surface area contributed by atoms with Crippen LogP contribution in [0.2, 0.25) is 0 Å². The van der Waals surface area contributed by atoms with Crippen LogP contribution >= 0.6 is 0 Å². The van der Waals surface area contributed by atoms with Crippen LogP contribution in [-0.4, -0.2) is 4.57 Å². The molecule has 0 bridgehead atoms. The predicted octanol–water partition coefficient (Wildman–Crippen LogP) is 3.74. The molecule has 3 aromatic rings. The van der Waals surface area contributed by atoms with Gasteiger partial charge in [0.1, 0.15) is 24.6 Å². The SMILES string of the molecule is Cc1cc(C)c(-n2cc[n+](Cc3ccccc3)c2)c(C)c1. The van der Waals surface area contributed by atoms with Crippen LogP contribution in [0.25, 0.3) is 5.69 Å². The Bertz CT molecular complexity index is 731. The molecule has 0 radical (unpaired) electrons. The molecule has 0 N–H and O–H groups in total. The fraction of sp³-hybridized carbons (Fsp3) is 0.211. The number of rotatable bonds is 3. The average molecular weight is 277 g/mol. The molecule has 2 nitrogen and oxygen atoms in total. The molecule has 2 aromatic carbocycles. The van der Waals surface area contributed by atoms with Crippen LogP contribution in [0.15, 0.2) is 61.2 Å². The van der Waals surface area contributed by atoms with Crippen LogP contribution < -0.4 is 4.57 Å². The maximum Gasteiger partial charge on any atom is 0.249 e. The van der Waals surface area contributed by atoms with Gasteiger partial charge in [0.15, 0.2) is 0 Å². The van der Waals surface area contributed by atoms with Gasteiger partial charge >= 0.3 is 0 Å². The Morgan fingerprint density at radius 1 is 0.952 bits per heavy atom. The Morgan fingerprint density at radius 2 is 1.62 bits per heavy atom. The van der Waals surface area contributed by atoms with E-state index in [1.54, 1.807) is 0 Å². The van der Waals surface area contributed by atoms with E-state index in [0.717, 1.165) is 6.54 Å². The first-order chi connectivity index (χ1) is 10.1. The highest BCUT2D eigenvalue weighted by Gasteiger charge is 2.12. The van der Waals surface area contributed by atoms with Gasteiger partial charge in [-0.25, -0.2) is 9.13 Å². The number of hydrogen-bond donors (Lipinski definition) is 0. The highest BCUT2D eigenvalue weighted by atomic mass is 15.1. The van der Waals surface area contributed by atoms with Gasteiger partial charge in [0.05, 0.1) is 0 Å². The Morgan fingerprint density at radius 3 is 2.29 bits per heavy atom. The number of aryl methyl sites for hydroxylation is 3. The molecular weight excluding hydrogens is 256 g/mol. The Balaban J connectivity index is 1.92. The van der Waals surface area contributed by atoms with Crippen LogP contribution in [0.5, 0.6) is 0 Å². The van der Waals surface area contributed by atoms with Gasteiger partial charge in [-0.3, -0.25) is 0 Å². The van der Waals surface area contributed by atoms with E-state index >= 15 is 0 Å². The number of imidazole rings is 1. The molecule has 21 heavy (non-hydrogen) atoms. The lowest BCUT2D eigenvalue weighted by atomic mass is 10.1. The molecule has 3 rings (SSSR count). The zero-order valence-corrected chi connectivity index (χ0v) is 12.9. The second kappa shape index (κ2) is 5.57. The second-order valence-electron chi connectivity index (χ2n) is 5.73. The zero-order valence-electron chi connectivity index (χ0n) is 12.9. The molecule has 0 fully saturated rings. The standard InChI is InChI=1S/C19H21N2/c1-15-11-16(2)19(17(3)12-15)21-10-9-20(14-21)13-18-7-5-4-6-8-18/h4-12,14H,13H2,1-3H3/q+1. The van der Waals surface area contributed by atoms with Crippen molar-refractivity contribution >= 4 is 0 Å². The lowest BCUT2D eigenvalue weighted by molar-refractivity contribution is -0.687. The zero-order chi connectivity index (χ0) is 14.8. The van der Waals surface area contributed by atoms with Gasteiger partial charge < -0.3 is 0 Å². The summed E-state index contributed by atoms with van der Waals surface area (Å²) in [5, 5.41) is 0. The van der Waals surface area contributed by atoms with Gasteiger partial charge in [0.2, 0.25) is 6.33 Å². The molecule has 2 heteroatoms. The molecule has 0 aliphatic heterocycles. The van der Waals surface area contributed by atoms with Gasteiger partial charge in [-0.05, 0) is 37.5 Å². The molecule has 0 spiro atoms. The number of benzene rings is 2. The summed E-state index contributed by atoms with van der Waals surface area (Å²) in [6.07, 6.45) is 6.43. The van der Waals surface area contributed by atoms with E-state index in [4.69, 9.17) is 0 Å². The molecule has 0 amide bonds. The lowest BCUT2D eigenvalue weighted by Crippen LogP contribution is -2.31. The molecule has 0 saturated carbocycles. The fourth-order valence-corrected chi connectivity index (χ4v) is 2.99. The summed E-state index contributed by atoms with van der Waals surface area (Å²) in [6, 6.07) is 15.0. The maximum atomic E-state index is 2.24. The summed E-state index contributed by atoms with van der Waals surface area (Å²) in [6.45, 7) is 7.40. The summed E-state index contributed by atoms with van der Waals surface area (Å²) in [5.41, 5.74) is 6.55. The van der Waals surface area contributed by atoms with E-state index in [9.17, 15) is 0 Å². The summed E-state index contributed by atoms with van der Waals surface area (Å²) >= 11 is 0. The first kappa shape index (κ1) is 13.6. The fourth-order valence-electron chi connectivity index (χ4n) is 2.99. The summed E-state index contributed by atoms with van der Waals surface area (Å²) in [4.78, 5) is 0. The van der Waals surface area contributed by atoms with Crippen molar-refractivity contribution in [3.05, 3.63) is 83.4 Å². The Kier molecular flexibility index (Phi) is 3.61. The minimum absolute atomic E-state index is 0.901. The van der Waals surface area contributed by atoms with Crippen molar-refractivity contribution in [2.45, 2.75) is 27.3 Å². The van der Waals surface area contributed by atoms with E-state index in [-0.39, 0.29) is 0 Å². The molecule has 0 aliphatic carbocycles. The Hall–Kier alpha value is -2.35. The third-order valence-electron chi connectivity index (χ3n) is 3.79. The first-order valence-corrected chi connectivity index (χ1v) is 7.32. The molecule has 106 valence electrons. The van der Waals surface area contributed by atoms with Gasteiger partial charge in [-0.15, -0.1) is 0 Å². The molecular formula is C19H21N2+. The second-order valence-corrected chi connectivity index (χ2v) is 5.73. The highest BCUT2D eigenvalue weighted by Crippen LogP contribution is 2.20. The van der Waals surface area contributed by atoms with E-state index < -0.39 is 0 Å². The van der Waals surface area contributed by atoms with E-state index in [0.29, 0.717) is 0 Å². The smallest absolute Gasteiger partial charge is 0.232 e. The van der Waals surface area contributed by atoms with Crippen molar-refractivity contribution in [2.75, 3.05) is 0 Å². The molecule has 1 heterocycles. The molecule has 1 aromatic heterocycles. The minimum Gasteiger partial charge on any atom is -0.232 e. The molecule has 0 atom stereocenters. The van der Waals surface area contributed by atoms with Crippen molar-refractivity contribution in [3.8, 4) is 5.69 Å². The van der Waals surface area contributed by atoms with Crippen LogP contribution in [0.1, 0.15) is 22.3 Å². The van der Waals surface area contributed by atoms with Gasteiger partial charge in [0, 0.05) is 0 Å². The largest absolute Gasteiger partial charge is 0.249 e. The van der Waals surface area contributed by atoms with Gasteiger partial charge in [-0.2, -0.15) is 0 Å². The average Bonchev–Trinajstić information content (AvgIpc) is 2.87. The van der Waals surface area contributed by atoms with Crippen molar-refractivity contribution in [1.82, 2.24) is 4.57 Å². The summed E-state index contributed by atoms with van der Waals surface area (Å²) in [5.74, 6) is 0. The first-order valence-electron chi connectivity index (χ1n) is 7.32. The van der Waals surface area contributed by atoms with E-state index in [2.05, 4.69) is 91.1 Å². The van der Waals surface area contributed by atoms with Crippen LogP contribution in [-0.2, 0) is 6.54 Å². The van der Waals surface area contributed by atoms with Crippen molar-refractivity contribution in [3.63, 3.8) is 0 Å². The number of nitrogens with zero attached hydrogens (tertiary/aromatic N) is 2. The quantitative estimate of drug-likeness (QED) is 0.645. The van der Waals surface area contributed by atoms with Crippen molar-refractivity contribution in [2.24, 2.45) is 0 Å². The maximum absolute atomic E-state index is 2.24. The van der Waals surface area contributed by atoms with E-state index in [1.165, 1.54) is 27.9 Å². The normalized spacial score (nSPS) is 10.8. The topological polar surface area (TPSA) is 8.81 Å². The number of hydrogen-bond acceptors (Lipinski definition) is 0. The lowest BCUT2D eigenvalue weighted by Gasteiger charge is -2.07. The van der Waals surface area contributed by atoms with Gasteiger partial charge in [0.25, 0.3) is 0 Å². The van der Waals surface area contributed by atoms with Crippen LogP contribution in [0, 0.1) is 20.8 Å². The molecule has 0 aliphatic rings. The van der Waals surface area contributed by atoms with Crippen LogP contribution in [0.3, 0.4) is 0 Å². The molecule has 0 saturated heterocycles. The van der Waals surface area contributed by atoms with Crippen molar-refractivity contribution < 1.29 is 4.57 Å². The van der Waals surface area contributed by atoms with Crippen LogP contribution in [0.4, 0.5) is 0 Å². The molecule has 0 unspecified atom stereocenters. The monoisotopic (exact) mass is 277 g/mol. The third kappa shape index (κ3) is 2.89. The summed E-state index contributed by atoms with van der Waals surface area (Å²) < 4.78 is 4.43. The number of aromatic nitrogens is 2. The summed E-state index contributed by atoms with van der Waals surface area (Å²) in [7, 11) is 0. The van der Waals surface area contributed by atoms with Gasteiger partial charge in [-0.1, -0.05) is 48.0 Å².